The van der Waals surface area contributed by atoms with Gasteiger partial charge in [0.05, 0.1) is 19.1 Å². The molecule has 10 nitrogen and oxygen atoms in total. The average molecular weight is 550 g/mol. The van der Waals surface area contributed by atoms with E-state index in [9.17, 15) is 14.9 Å². The minimum atomic E-state index is -0.404. The molecule has 12 heteroatoms. The maximum Gasteiger partial charge on any atom is 0.293 e. The molecule has 2 heterocycles. The highest BCUT2D eigenvalue weighted by atomic mass is 35.5. The molecule has 0 unspecified atom stereocenters. The van der Waals surface area contributed by atoms with Crippen molar-refractivity contribution in [2.45, 2.75) is 19.3 Å². The largest absolute Gasteiger partial charge is 0.495 e. The number of fused-ring (bicyclic) bond motifs is 1. The van der Waals surface area contributed by atoms with E-state index in [0.717, 1.165) is 37.1 Å². The SMILES string of the molecule is COc1ccc(OC)c2sc(N(CCN(C)C)C(=O)c3ccc(N4CCCCC4)c([N+](=O)[O-])c3)nc12.Cl. The topological polar surface area (TPSA) is 101 Å². The first-order valence-corrected chi connectivity index (χ1v) is 12.7. The molecule has 1 saturated heterocycles. The fourth-order valence-corrected chi connectivity index (χ4v) is 5.43. The number of amides is 1. The van der Waals surface area contributed by atoms with Gasteiger partial charge in [-0.25, -0.2) is 4.98 Å². The first-order valence-electron chi connectivity index (χ1n) is 11.9. The van der Waals surface area contributed by atoms with Crippen molar-refractivity contribution < 1.29 is 19.2 Å². The van der Waals surface area contributed by atoms with E-state index in [4.69, 9.17) is 14.5 Å². The van der Waals surface area contributed by atoms with Gasteiger partial charge < -0.3 is 19.3 Å². The van der Waals surface area contributed by atoms with Gasteiger partial charge in [-0.2, -0.15) is 0 Å². The summed E-state index contributed by atoms with van der Waals surface area (Å²) in [6.45, 7) is 2.50. The summed E-state index contributed by atoms with van der Waals surface area (Å²) in [6, 6.07) is 8.35. The van der Waals surface area contributed by atoms with Crippen molar-refractivity contribution in [3.63, 3.8) is 0 Å². The number of aromatic nitrogens is 1. The molecule has 0 spiro atoms. The molecule has 200 valence electrons. The number of ether oxygens (including phenoxy) is 2. The molecule has 37 heavy (non-hydrogen) atoms. The van der Waals surface area contributed by atoms with Crippen molar-refractivity contribution >= 4 is 56.4 Å². The van der Waals surface area contributed by atoms with Gasteiger partial charge in [0, 0.05) is 37.8 Å². The molecular weight excluding hydrogens is 518 g/mol. The molecule has 1 fully saturated rings. The van der Waals surface area contributed by atoms with E-state index < -0.39 is 4.92 Å². The van der Waals surface area contributed by atoms with Crippen LogP contribution in [-0.4, -0.2) is 75.2 Å². The maximum atomic E-state index is 13.8. The molecule has 3 aromatic rings. The van der Waals surface area contributed by atoms with Gasteiger partial charge in [0.2, 0.25) is 0 Å². The number of carbonyl (C=O) groups is 1. The van der Waals surface area contributed by atoms with Gasteiger partial charge in [-0.15, -0.1) is 12.4 Å². The van der Waals surface area contributed by atoms with E-state index in [-0.39, 0.29) is 29.6 Å². The average Bonchev–Trinajstić information content (AvgIpc) is 3.33. The zero-order valence-electron chi connectivity index (χ0n) is 21.4. The highest BCUT2D eigenvalue weighted by Crippen LogP contribution is 2.40. The van der Waals surface area contributed by atoms with Crippen LogP contribution in [0.3, 0.4) is 0 Å². The van der Waals surface area contributed by atoms with E-state index in [0.29, 0.717) is 40.9 Å². The van der Waals surface area contributed by atoms with Gasteiger partial charge in [0.25, 0.3) is 11.6 Å². The number of piperidine rings is 1. The summed E-state index contributed by atoms with van der Waals surface area (Å²) in [5.41, 5.74) is 1.36. The normalized spacial score (nSPS) is 13.4. The quantitative estimate of drug-likeness (QED) is 0.276. The molecule has 4 rings (SSSR count). The summed E-state index contributed by atoms with van der Waals surface area (Å²) in [5, 5.41) is 12.4. The predicted molar refractivity (Wildman–Crippen MR) is 149 cm³/mol. The third-order valence-corrected chi connectivity index (χ3v) is 7.35. The number of hydrogen-bond donors (Lipinski definition) is 0. The number of anilines is 2. The van der Waals surface area contributed by atoms with Crippen molar-refractivity contribution in [3.05, 3.63) is 46.0 Å². The highest BCUT2D eigenvalue weighted by molar-refractivity contribution is 7.22. The first kappa shape index (κ1) is 28.4. The first-order chi connectivity index (χ1) is 17.3. The Balaban J connectivity index is 0.00000380. The minimum absolute atomic E-state index is 0. The van der Waals surface area contributed by atoms with Crippen LogP contribution in [0.25, 0.3) is 10.2 Å². The molecule has 0 N–H and O–H groups in total. The van der Waals surface area contributed by atoms with Gasteiger partial charge in [0.15, 0.2) is 5.13 Å². The Hall–Kier alpha value is -3.15. The van der Waals surface area contributed by atoms with Gasteiger partial charge in [0.1, 0.15) is 27.4 Å². The summed E-state index contributed by atoms with van der Waals surface area (Å²) in [4.78, 5) is 35.6. The molecule has 1 aliphatic rings. The Morgan fingerprint density at radius 1 is 1.08 bits per heavy atom. The molecular formula is C25H32ClN5O5S. The van der Waals surface area contributed by atoms with Crippen LogP contribution in [-0.2, 0) is 0 Å². The van der Waals surface area contributed by atoms with Crippen LogP contribution in [0.1, 0.15) is 29.6 Å². The molecule has 0 radical (unpaired) electrons. The minimum Gasteiger partial charge on any atom is -0.495 e. The fraction of sp³-hybridized carbons (Fsp3) is 0.440. The van der Waals surface area contributed by atoms with Crippen LogP contribution in [0.2, 0.25) is 0 Å². The standard InChI is InChI=1S/C25H31N5O5S.ClH/c1-27(2)14-15-29(25-26-22-20(34-3)10-11-21(35-4)23(22)36-25)24(31)17-8-9-18(19(16-17)30(32)33)28-12-6-5-7-13-28;/h8-11,16H,5-7,12-15H2,1-4H3;1H. The van der Waals surface area contributed by atoms with Crippen molar-refractivity contribution in [1.82, 2.24) is 9.88 Å². The second-order valence-corrected chi connectivity index (χ2v) is 9.89. The number of likely N-dealkylation sites (N-methyl/N-ethyl adjacent to an activating group) is 1. The van der Waals surface area contributed by atoms with Crippen LogP contribution >= 0.6 is 23.7 Å². The number of hydrogen-bond acceptors (Lipinski definition) is 9. The summed E-state index contributed by atoms with van der Waals surface area (Å²) in [5.74, 6) is 0.869. The molecule has 0 aliphatic carbocycles. The Morgan fingerprint density at radius 3 is 2.38 bits per heavy atom. The van der Waals surface area contributed by atoms with Crippen molar-refractivity contribution in [1.29, 1.82) is 0 Å². The number of rotatable bonds is 9. The third-order valence-electron chi connectivity index (χ3n) is 6.26. The van der Waals surface area contributed by atoms with Crippen LogP contribution in [0.15, 0.2) is 30.3 Å². The predicted octanol–water partition coefficient (Wildman–Crippen LogP) is 4.84. The van der Waals surface area contributed by atoms with Crippen molar-refractivity contribution in [2.24, 2.45) is 0 Å². The number of nitro groups is 1. The Morgan fingerprint density at radius 2 is 1.76 bits per heavy atom. The summed E-state index contributed by atoms with van der Waals surface area (Å²) in [7, 11) is 6.99. The lowest BCUT2D eigenvalue weighted by molar-refractivity contribution is -0.384. The molecule has 1 aromatic heterocycles. The highest BCUT2D eigenvalue weighted by Gasteiger charge is 2.27. The van der Waals surface area contributed by atoms with Gasteiger partial charge in [-0.05, 0) is 57.6 Å². The van der Waals surface area contributed by atoms with Crippen LogP contribution in [0.5, 0.6) is 11.5 Å². The molecule has 0 atom stereocenters. The summed E-state index contributed by atoms with van der Waals surface area (Å²) < 4.78 is 11.7. The van der Waals surface area contributed by atoms with Gasteiger partial charge in [-0.3, -0.25) is 19.8 Å². The van der Waals surface area contributed by atoms with Crippen molar-refractivity contribution in [3.8, 4) is 11.5 Å². The summed E-state index contributed by atoms with van der Waals surface area (Å²) in [6.07, 6.45) is 3.13. The molecule has 0 saturated carbocycles. The van der Waals surface area contributed by atoms with Crippen molar-refractivity contribution in [2.75, 3.05) is 64.3 Å². The van der Waals surface area contributed by atoms with Gasteiger partial charge in [-0.1, -0.05) is 11.3 Å². The van der Waals surface area contributed by atoms with E-state index in [1.165, 1.54) is 17.4 Å². The lowest BCUT2D eigenvalue weighted by Gasteiger charge is -2.28. The zero-order chi connectivity index (χ0) is 25.8. The zero-order valence-corrected chi connectivity index (χ0v) is 23.1. The second-order valence-electron chi connectivity index (χ2n) is 8.91. The number of halogens is 1. The Bertz CT molecular complexity index is 1220. The number of nitro benzene ring substituents is 1. The lowest BCUT2D eigenvalue weighted by Crippen LogP contribution is -2.37. The molecule has 0 bridgehead atoms. The van der Waals surface area contributed by atoms with E-state index >= 15 is 0 Å². The molecule has 1 aliphatic heterocycles. The number of carbonyl (C=O) groups excluding carboxylic acids is 1. The number of nitrogens with zero attached hydrogens (tertiary/aromatic N) is 5. The van der Waals surface area contributed by atoms with E-state index in [1.54, 1.807) is 43.4 Å². The summed E-state index contributed by atoms with van der Waals surface area (Å²) >= 11 is 1.33. The number of benzene rings is 2. The maximum absolute atomic E-state index is 13.8. The number of methoxy groups -OCH3 is 2. The molecule has 1 amide bonds. The monoisotopic (exact) mass is 549 g/mol. The van der Waals surface area contributed by atoms with Crippen LogP contribution in [0, 0.1) is 10.1 Å². The Labute approximate surface area is 226 Å². The smallest absolute Gasteiger partial charge is 0.293 e. The van der Waals surface area contributed by atoms with E-state index in [1.807, 2.05) is 23.9 Å². The molecule has 2 aromatic carbocycles. The number of thiazole rings is 1. The van der Waals surface area contributed by atoms with E-state index in [2.05, 4.69) is 0 Å². The lowest BCUT2D eigenvalue weighted by atomic mass is 10.1. The fourth-order valence-electron chi connectivity index (χ4n) is 4.33. The Kier molecular flexibility index (Phi) is 9.52. The van der Waals surface area contributed by atoms with Crippen LogP contribution in [0.4, 0.5) is 16.5 Å². The second kappa shape index (κ2) is 12.4. The van der Waals surface area contributed by atoms with Crippen LogP contribution < -0.4 is 19.3 Å². The van der Waals surface area contributed by atoms with Gasteiger partial charge >= 0.3 is 0 Å². The third kappa shape index (κ3) is 6.06.